The summed E-state index contributed by atoms with van der Waals surface area (Å²) in [6.45, 7) is 1.89. The van der Waals surface area contributed by atoms with Gasteiger partial charge in [0.05, 0.1) is 23.9 Å². The highest BCUT2D eigenvalue weighted by Crippen LogP contribution is 2.29. The molecule has 2 aromatic rings. The van der Waals surface area contributed by atoms with Crippen LogP contribution in [0, 0.1) is 6.92 Å². The van der Waals surface area contributed by atoms with Crippen LogP contribution in [0.25, 0.3) is 0 Å². The summed E-state index contributed by atoms with van der Waals surface area (Å²) in [4.78, 5) is 8.10. The van der Waals surface area contributed by atoms with Crippen molar-refractivity contribution in [3.8, 4) is 5.75 Å². The predicted octanol–water partition coefficient (Wildman–Crippen LogP) is 3.15. The van der Waals surface area contributed by atoms with Crippen molar-refractivity contribution in [2.45, 2.75) is 13.0 Å². The number of rotatable bonds is 3. The third-order valence-corrected chi connectivity index (χ3v) is 3.30. The van der Waals surface area contributed by atoms with E-state index in [9.17, 15) is 0 Å². The van der Waals surface area contributed by atoms with Crippen molar-refractivity contribution in [2.24, 2.45) is 5.73 Å². The Balaban J connectivity index is 2.43. The van der Waals surface area contributed by atoms with E-state index in [1.54, 1.807) is 25.4 Å². The molecule has 0 fully saturated rings. The van der Waals surface area contributed by atoms with E-state index in [-0.39, 0.29) is 5.28 Å². The maximum absolute atomic E-state index is 6.21. The van der Waals surface area contributed by atoms with Gasteiger partial charge in [-0.15, -0.1) is 0 Å². The predicted molar refractivity (Wildman–Crippen MR) is 75.8 cm³/mol. The molecule has 0 aliphatic rings. The average molecular weight is 298 g/mol. The van der Waals surface area contributed by atoms with Gasteiger partial charge < -0.3 is 10.5 Å². The lowest BCUT2D eigenvalue weighted by molar-refractivity contribution is 0.414. The molecule has 0 spiro atoms. The van der Waals surface area contributed by atoms with E-state index in [0.717, 1.165) is 11.1 Å². The van der Waals surface area contributed by atoms with Gasteiger partial charge >= 0.3 is 0 Å². The fourth-order valence-corrected chi connectivity index (χ4v) is 2.11. The van der Waals surface area contributed by atoms with Gasteiger partial charge in [-0.2, -0.15) is 0 Å². The van der Waals surface area contributed by atoms with Gasteiger partial charge in [-0.05, 0) is 41.8 Å². The van der Waals surface area contributed by atoms with Crippen molar-refractivity contribution in [1.29, 1.82) is 0 Å². The smallest absolute Gasteiger partial charge is 0.222 e. The van der Waals surface area contributed by atoms with Crippen molar-refractivity contribution >= 4 is 23.2 Å². The first-order valence-electron chi connectivity index (χ1n) is 5.61. The van der Waals surface area contributed by atoms with Crippen LogP contribution in [-0.4, -0.2) is 17.1 Å². The second-order valence-electron chi connectivity index (χ2n) is 4.08. The van der Waals surface area contributed by atoms with Gasteiger partial charge in [0, 0.05) is 6.20 Å². The minimum atomic E-state index is -0.410. The lowest BCUT2D eigenvalue weighted by Gasteiger charge is -2.15. The molecule has 100 valence electrons. The summed E-state index contributed by atoms with van der Waals surface area (Å²) < 4.78 is 5.18. The Bertz CT molecular complexity index is 604. The summed E-state index contributed by atoms with van der Waals surface area (Å²) in [5, 5.41) is 0.716. The van der Waals surface area contributed by atoms with Crippen LogP contribution in [0.5, 0.6) is 5.75 Å². The van der Waals surface area contributed by atoms with Crippen LogP contribution in [0.4, 0.5) is 0 Å². The second kappa shape index (κ2) is 5.74. The van der Waals surface area contributed by atoms with Gasteiger partial charge in [0.15, 0.2) is 0 Å². The van der Waals surface area contributed by atoms with E-state index >= 15 is 0 Å². The van der Waals surface area contributed by atoms with Gasteiger partial charge in [-0.25, -0.2) is 9.97 Å². The van der Waals surface area contributed by atoms with Crippen molar-refractivity contribution in [1.82, 2.24) is 9.97 Å². The van der Waals surface area contributed by atoms with Crippen LogP contribution in [0.15, 0.2) is 24.4 Å². The summed E-state index contributed by atoms with van der Waals surface area (Å²) in [5.41, 5.74) is 8.62. The van der Waals surface area contributed by atoms with Crippen LogP contribution >= 0.6 is 23.2 Å². The van der Waals surface area contributed by atoms with Gasteiger partial charge in [0.25, 0.3) is 0 Å². The number of hydrogen-bond acceptors (Lipinski definition) is 4. The van der Waals surface area contributed by atoms with E-state index < -0.39 is 6.04 Å². The van der Waals surface area contributed by atoms with Crippen molar-refractivity contribution < 1.29 is 4.74 Å². The van der Waals surface area contributed by atoms with Gasteiger partial charge in [0.1, 0.15) is 5.75 Å². The summed E-state index contributed by atoms with van der Waals surface area (Å²) in [6, 6.07) is 4.97. The molecule has 1 unspecified atom stereocenters. The molecule has 0 aliphatic heterocycles. The molecule has 2 N–H and O–H groups in total. The molecule has 0 bridgehead atoms. The zero-order chi connectivity index (χ0) is 14.0. The number of aryl methyl sites for hydroxylation is 1. The Morgan fingerprint density at radius 3 is 2.74 bits per heavy atom. The molecule has 1 atom stereocenters. The molecule has 1 heterocycles. The highest BCUT2D eigenvalue weighted by atomic mass is 35.5. The van der Waals surface area contributed by atoms with Gasteiger partial charge in [0.2, 0.25) is 5.28 Å². The van der Waals surface area contributed by atoms with Crippen LogP contribution in [-0.2, 0) is 0 Å². The molecule has 0 radical (unpaired) electrons. The van der Waals surface area contributed by atoms with Crippen LogP contribution < -0.4 is 10.5 Å². The van der Waals surface area contributed by atoms with E-state index in [2.05, 4.69) is 9.97 Å². The van der Waals surface area contributed by atoms with E-state index in [1.807, 2.05) is 13.0 Å². The normalized spacial score (nSPS) is 12.3. The average Bonchev–Trinajstić information content (AvgIpc) is 2.41. The Kier molecular flexibility index (Phi) is 4.24. The third-order valence-electron chi connectivity index (χ3n) is 2.81. The standard InChI is InChI=1S/C13H13Cl2N3O/c1-7-6-17-13(15)18-12(7)11(16)8-3-4-9(14)10(5-8)19-2/h3-6,11H,16H2,1-2H3. The molecule has 1 aromatic carbocycles. The summed E-state index contributed by atoms with van der Waals surface area (Å²) >= 11 is 11.8. The molecular weight excluding hydrogens is 285 g/mol. The zero-order valence-corrected chi connectivity index (χ0v) is 12.0. The fraction of sp³-hybridized carbons (Fsp3) is 0.231. The number of halogens is 2. The molecule has 0 saturated heterocycles. The highest BCUT2D eigenvalue weighted by Gasteiger charge is 2.16. The van der Waals surface area contributed by atoms with E-state index in [0.29, 0.717) is 16.5 Å². The summed E-state index contributed by atoms with van der Waals surface area (Å²) in [6.07, 6.45) is 1.65. The number of benzene rings is 1. The van der Waals surface area contributed by atoms with Crippen molar-refractivity contribution in [2.75, 3.05) is 7.11 Å². The molecule has 4 nitrogen and oxygen atoms in total. The van der Waals surface area contributed by atoms with Crippen molar-refractivity contribution in [3.63, 3.8) is 0 Å². The number of methoxy groups -OCH3 is 1. The Labute approximate surface area is 121 Å². The molecule has 2 rings (SSSR count). The Morgan fingerprint density at radius 1 is 1.32 bits per heavy atom. The largest absolute Gasteiger partial charge is 0.495 e. The number of hydrogen-bond donors (Lipinski definition) is 1. The highest BCUT2D eigenvalue weighted by molar-refractivity contribution is 6.32. The molecule has 1 aromatic heterocycles. The molecule has 6 heteroatoms. The number of aromatic nitrogens is 2. The maximum atomic E-state index is 6.21. The first kappa shape index (κ1) is 14.1. The molecule has 0 amide bonds. The van der Waals surface area contributed by atoms with Gasteiger partial charge in [-0.1, -0.05) is 17.7 Å². The van der Waals surface area contributed by atoms with Gasteiger partial charge in [-0.3, -0.25) is 0 Å². The van der Waals surface area contributed by atoms with E-state index in [4.69, 9.17) is 33.7 Å². The number of ether oxygens (including phenoxy) is 1. The minimum absolute atomic E-state index is 0.178. The lowest BCUT2D eigenvalue weighted by Crippen LogP contribution is -2.15. The summed E-state index contributed by atoms with van der Waals surface area (Å²) in [5.74, 6) is 0.576. The number of nitrogens with two attached hydrogens (primary N) is 1. The molecule has 0 saturated carbocycles. The van der Waals surface area contributed by atoms with Crippen LogP contribution in [0.3, 0.4) is 0 Å². The SMILES string of the molecule is COc1cc(C(N)c2nc(Cl)ncc2C)ccc1Cl. The summed E-state index contributed by atoms with van der Waals surface area (Å²) in [7, 11) is 1.56. The topological polar surface area (TPSA) is 61.0 Å². The Hall–Kier alpha value is -1.36. The quantitative estimate of drug-likeness (QED) is 0.884. The Morgan fingerprint density at radius 2 is 2.05 bits per heavy atom. The molecule has 19 heavy (non-hydrogen) atoms. The van der Waals surface area contributed by atoms with Crippen LogP contribution in [0.1, 0.15) is 22.9 Å². The lowest BCUT2D eigenvalue weighted by atomic mass is 10.0. The first-order valence-corrected chi connectivity index (χ1v) is 6.36. The molecular formula is C13H13Cl2N3O. The van der Waals surface area contributed by atoms with E-state index in [1.165, 1.54) is 0 Å². The second-order valence-corrected chi connectivity index (χ2v) is 4.82. The fourth-order valence-electron chi connectivity index (χ4n) is 1.78. The van der Waals surface area contributed by atoms with Crippen LogP contribution in [0.2, 0.25) is 10.3 Å². The van der Waals surface area contributed by atoms with Crippen molar-refractivity contribution in [3.05, 3.63) is 51.5 Å². The number of nitrogens with zero attached hydrogens (tertiary/aromatic N) is 2. The first-order chi connectivity index (χ1) is 9.02. The third kappa shape index (κ3) is 2.97. The molecule has 0 aliphatic carbocycles. The maximum Gasteiger partial charge on any atom is 0.222 e. The minimum Gasteiger partial charge on any atom is -0.495 e. The zero-order valence-electron chi connectivity index (χ0n) is 10.5. The monoisotopic (exact) mass is 297 g/mol.